The van der Waals surface area contributed by atoms with Crippen molar-refractivity contribution in [3.63, 3.8) is 0 Å². The Labute approximate surface area is 175 Å². The number of rotatable bonds is 8. The van der Waals surface area contributed by atoms with E-state index >= 15 is 0 Å². The molecule has 0 aliphatic carbocycles. The molecule has 3 aromatic rings. The van der Waals surface area contributed by atoms with Crippen LogP contribution in [0.5, 0.6) is 11.5 Å². The molecular weight excluding hydrogens is 415 g/mol. The Balaban J connectivity index is 1.75. The van der Waals surface area contributed by atoms with Crippen LogP contribution in [0.3, 0.4) is 0 Å². The van der Waals surface area contributed by atoms with E-state index in [1.165, 1.54) is 60.9 Å². The summed E-state index contributed by atoms with van der Waals surface area (Å²) in [6.45, 7) is -2.97. The maximum atomic E-state index is 13.3. The van der Waals surface area contributed by atoms with Crippen LogP contribution < -0.4 is 14.8 Å². The molecule has 1 N–H and O–H groups in total. The van der Waals surface area contributed by atoms with Crippen molar-refractivity contribution in [3.05, 3.63) is 87.9 Å². The number of hydrogen-bond donors (Lipinski definition) is 1. The minimum absolute atomic E-state index is 0.0943. The van der Waals surface area contributed by atoms with E-state index in [0.717, 1.165) is 10.4 Å². The fourth-order valence-corrected chi connectivity index (χ4v) is 3.58. The van der Waals surface area contributed by atoms with Gasteiger partial charge in [0, 0.05) is 11.0 Å². The zero-order valence-corrected chi connectivity index (χ0v) is 16.7. The molecule has 1 heterocycles. The molecule has 8 heteroatoms. The van der Waals surface area contributed by atoms with Crippen LogP contribution in [0, 0.1) is 5.82 Å². The highest BCUT2D eigenvalue weighted by Crippen LogP contribution is 2.30. The summed E-state index contributed by atoms with van der Waals surface area (Å²) in [5.74, 6) is -0.698. The van der Waals surface area contributed by atoms with Crippen molar-refractivity contribution in [2.24, 2.45) is 0 Å². The average Bonchev–Trinajstić information content (AvgIpc) is 3.26. The van der Waals surface area contributed by atoms with Crippen molar-refractivity contribution in [2.45, 2.75) is 12.7 Å². The lowest BCUT2D eigenvalue weighted by atomic mass is 10.1. The van der Waals surface area contributed by atoms with Crippen LogP contribution in [0.15, 0.2) is 66.1 Å². The number of thiophene rings is 1. The molecule has 0 aliphatic rings. The number of halogens is 3. The summed E-state index contributed by atoms with van der Waals surface area (Å²) in [4.78, 5) is 13.4. The lowest BCUT2D eigenvalue weighted by molar-refractivity contribution is -0.116. The summed E-state index contributed by atoms with van der Waals surface area (Å²) in [6, 6.07) is 13.6. The molecule has 0 radical (unpaired) electrons. The summed E-state index contributed by atoms with van der Waals surface area (Å²) >= 11 is 1.47. The van der Waals surface area contributed by atoms with Gasteiger partial charge in [-0.25, -0.2) is 4.39 Å². The lowest BCUT2D eigenvalue weighted by Crippen LogP contribution is -2.27. The van der Waals surface area contributed by atoms with Gasteiger partial charge in [0.1, 0.15) is 5.82 Å². The van der Waals surface area contributed by atoms with Crippen LogP contribution >= 0.6 is 11.3 Å². The number of benzene rings is 2. The number of carbonyl (C=O) groups is 1. The van der Waals surface area contributed by atoms with Crippen LogP contribution in [0.25, 0.3) is 6.08 Å². The van der Waals surface area contributed by atoms with E-state index in [4.69, 9.17) is 4.74 Å². The van der Waals surface area contributed by atoms with Crippen LogP contribution in [0.4, 0.5) is 13.2 Å². The highest BCUT2D eigenvalue weighted by atomic mass is 32.1. The second kappa shape index (κ2) is 9.98. The van der Waals surface area contributed by atoms with Crippen molar-refractivity contribution in [2.75, 3.05) is 7.11 Å². The Kier molecular flexibility index (Phi) is 7.13. The molecule has 0 aliphatic heterocycles. The van der Waals surface area contributed by atoms with Crippen LogP contribution in [0.2, 0.25) is 0 Å². The molecule has 1 amide bonds. The zero-order chi connectivity index (χ0) is 21.5. The molecule has 30 heavy (non-hydrogen) atoms. The topological polar surface area (TPSA) is 47.6 Å². The molecule has 0 unspecified atom stereocenters. The third kappa shape index (κ3) is 5.64. The van der Waals surface area contributed by atoms with Gasteiger partial charge in [-0.15, -0.1) is 11.3 Å². The van der Waals surface area contributed by atoms with E-state index in [2.05, 4.69) is 10.1 Å². The molecule has 3 rings (SSSR count). The quantitative estimate of drug-likeness (QED) is 0.483. The van der Waals surface area contributed by atoms with Gasteiger partial charge >= 0.3 is 6.61 Å². The van der Waals surface area contributed by atoms with E-state index in [1.807, 2.05) is 17.5 Å². The van der Waals surface area contributed by atoms with E-state index in [1.54, 1.807) is 12.1 Å². The minimum atomic E-state index is -2.97. The van der Waals surface area contributed by atoms with Crippen molar-refractivity contribution in [1.29, 1.82) is 0 Å². The Hall–Kier alpha value is -3.26. The highest BCUT2D eigenvalue weighted by molar-refractivity contribution is 7.10. The van der Waals surface area contributed by atoms with Gasteiger partial charge in [-0.2, -0.15) is 8.78 Å². The van der Waals surface area contributed by atoms with E-state index in [9.17, 15) is 18.0 Å². The molecule has 1 atom stereocenters. The first-order valence-corrected chi connectivity index (χ1v) is 9.74. The van der Waals surface area contributed by atoms with Crippen LogP contribution in [-0.4, -0.2) is 19.6 Å². The van der Waals surface area contributed by atoms with Gasteiger partial charge in [-0.1, -0.05) is 24.3 Å². The number of alkyl halides is 2. The second-order valence-corrected chi connectivity index (χ2v) is 7.11. The first-order chi connectivity index (χ1) is 14.5. The van der Waals surface area contributed by atoms with Gasteiger partial charge in [-0.05, 0) is 52.9 Å². The average molecular weight is 433 g/mol. The van der Waals surface area contributed by atoms with E-state index in [0.29, 0.717) is 5.56 Å². The maximum Gasteiger partial charge on any atom is 0.387 e. The van der Waals surface area contributed by atoms with Crippen molar-refractivity contribution in [3.8, 4) is 11.5 Å². The van der Waals surface area contributed by atoms with Gasteiger partial charge in [0.15, 0.2) is 11.5 Å². The Morgan fingerprint density at radius 2 is 1.87 bits per heavy atom. The summed E-state index contributed by atoms with van der Waals surface area (Å²) in [5.41, 5.74) is 1.31. The molecule has 156 valence electrons. The smallest absolute Gasteiger partial charge is 0.387 e. The normalized spacial score (nSPS) is 12.2. The lowest BCUT2D eigenvalue weighted by Gasteiger charge is -2.17. The summed E-state index contributed by atoms with van der Waals surface area (Å²) in [6.07, 6.45) is 2.85. The Bertz CT molecular complexity index is 1000. The summed E-state index contributed by atoms with van der Waals surface area (Å²) in [5, 5.41) is 4.79. The zero-order valence-electron chi connectivity index (χ0n) is 15.8. The molecule has 2 aromatic carbocycles. The fourth-order valence-electron chi connectivity index (χ4n) is 2.77. The standard InChI is InChI=1S/C22H18F3NO3S/c1-28-18-13-14(4-10-17(18)29-22(24)25)5-11-20(27)26-21(19-3-2-12-30-19)15-6-8-16(23)9-7-15/h2-13,21-22H,1H3,(H,26,27)/b11-5+/t21-/m0/s1. The monoisotopic (exact) mass is 433 g/mol. The number of carbonyl (C=O) groups excluding carboxylic acids is 1. The van der Waals surface area contributed by atoms with E-state index in [-0.39, 0.29) is 23.2 Å². The van der Waals surface area contributed by atoms with Crippen molar-refractivity contribution < 1.29 is 27.4 Å². The summed E-state index contributed by atoms with van der Waals surface area (Å²) in [7, 11) is 1.34. The number of amides is 1. The largest absolute Gasteiger partial charge is 0.493 e. The Morgan fingerprint density at radius 1 is 1.10 bits per heavy atom. The number of hydrogen-bond acceptors (Lipinski definition) is 4. The van der Waals surface area contributed by atoms with Crippen molar-refractivity contribution in [1.82, 2.24) is 5.32 Å². The van der Waals surface area contributed by atoms with Gasteiger partial charge in [0.25, 0.3) is 0 Å². The van der Waals surface area contributed by atoms with Crippen LogP contribution in [-0.2, 0) is 4.79 Å². The SMILES string of the molecule is COc1cc(/C=C/C(=O)N[C@@H](c2ccc(F)cc2)c2cccs2)ccc1OC(F)F. The van der Waals surface area contributed by atoms with Gasteiger partial charge in [0.2, 0.25) is 5.91 Å². The molecule has 0 spiro atoms. The third-order valence-corrected chi connectivity index (χ3v) is 5.09. The predicted octanol–water partition coefficient (Wildman–Crippen LogP) is 5.42. The molecule has 0 bridgehead atoms. The number of ether oxygens (including phenoxy) is 2. The van der Waals surface area contributed by atoms with Crippen molar-refractivity contribution >= 4 is 23.3 Å². The number of nitrogens with one attached hydrogen (secondary N) is 1. The molecule has 0 saturated heterocycles. The molecule has 0 fully saturated rings. The van der Waals surface area contributed by atoms with E-state index < -0.39 is 12.7 Å². The first-order valence-electron chi connectivity index (χ1n) is 8.86. The van der Waals surface area contributed by atoms with Gasteiger partial charge in [-0.3, -0.25) is 4.79 Å². The van der Waals surface area contributed by atoms with Gasteiger partial charge in [0.05, 0.1) is 13.2 Å². The highest BCUT2D eigenvalue weighted by Gasteiger charge is 2.17. The molecule has 1 aromatic heterocycles. The first kappa shape index (κ1) is 21.4. The third-order valence-electron chi connectivity index (χ3n) is 4.15. The molecular formula is C22H18F3NO3S. The molecule has 0 saturated carbocycles. The fraction of sp³-hybridized carbons (Fsp3) is 0.136. The molecule has 4 nitrogen and oxygen atoms in total. The predicted molar refractivity (Wildman–Crippen MR) is 109 cm³/mol. The Morgan fingerprint density at radius 3 is 2.50 bits per heavy atom. The minimum Gasteiger partial charge on any atom is -0.493 e. The maximum absolute atomic E-state index is 13.3. The van der Waals surface area contributed by atoms with Gasteiger partial charge < -0.3 is 14.8 Å². The number of methoxy groups -OCH3 is 1. The summed E-state index contributed by atoms with van der Waals surface area (Å²) < 4.78 is 47.6. The van der Waals surface area contributed by atoms with Crippen LogP contribution in [0.1, 0.15) is 22.0 Å². The second-order valence-electron chi connectivity index (χ2n) is 6.13.